The van der Waals surface area contributed by atoms with Crippen LogP contribution in [0.1, 0.15) is 36.6 Å². The third kappa shape index (κ3) is 5.82. The summed E-state index contributed by atoms with van der Waals surface area (Å²) >= 11 is 0. The lowest BCUT2D eigenvalue weighted by Crippen LogP contribution is -2.52. The van der Waals surface area contributed by atoms with E-state index in [2.05, 4.69) is 52.5 Å². The second-order valence-corrected chi connectivity index (χ2v) is 9.20. The molecule has 4 rings (SSSR count). The molecule has 0 radical (unpaired) electrons. The van der Waals surface area contributed by atoms with Gasteiger partial charge < -0.3 is 25.0 Å². The van der Waals surface area contributed by atoms with Crippen LogP contribution in [0.4, 0.5) is 10.5 Å². The monoisotopic (exact) mass is 492 g/mol. The van der Waals surface area contributed by atoms with Crippen LogP contribution in [-0.4, -0.2) is 62.8 Å². The van der Waals surface area contributed by atoms with Gasteiger partial charge in [-0.05, 0) is 62.6 Å². The van der Waals surface area contributed by atoms with Crippen LogP contribution < -0.4 is 20.3 Å². The van der Waals surface area contributed by atoms with E-state index in [1.54, 1.807) is 6.92 Å². The molecule has 0 bridgehead atoms. The highest BCUT2D eigenvalue weighted by atomic mass is 16.5. The largest absolute Gasteiger partial charge is 0.494 e. The number of carbonyl (C=O) groups is 2. The molecule has 2 aliphatic heterocycles. The predicted octanol–water partition coefficient (Wildman–Crippen LogP) is 3.70. The van der Waals surface area contributed by atoms with Gasteiger partial charge in [-0.25, -0.2) is 9.59 Å². The Morgan fingerprint density at radius 2 is 1.72 bits per heavy atom. The Labute approximate surface area is 213 Å². The topological polar surface area (TPSA) is 83.1 Å². The van der Waals surface area contributed by atoms with E-state index in [1.807, 2.05) is 31.2 Å². The zero-order valence-electron chi connectivity index (χ0n) is 21.6. The van der Waals surface area contributed by atoms with Gasteiger partial charge in [-0.15, -0.1) is 0 Å². The molecular formula is C28H36N4O4. The average molecular weight is 493 g/mol. The quantitative estimate of drug-likeness (QED) is 0.547. The van der Waals surface area contributed by atoms with E-state index >= 15 is 0 Å². The summed E-state index contributed by atoms with van der Waals surface area (Å²) in [5, 5.41) is 5.80. The molecule has 2 aromatic carbocycles. The van der Waals surface area contributed by atoms with Gasteiger partial charge in [0, 0.05) is 44.1 Å². The number of ether oxygens (including phenoxy) is 2. The minimum Gasteiger partial charge on any atom is -0.494 e. The second kappa shape index (κ2) is 11.5. The van der Waals surface area contributed by atoms with Crippen LogP contribution in [0, 0.1) is 13.8 Å². The minimum atomic E-state index is -0.597. The number of aryl methyl sites for hydroxylation is 2. The zero-order chi connectivity index (χ0) is 25.7. The van der Waals surface area contributed by atoms with Crippen molar-refractivity contribution in [1.82, 2.24) is 15.5 Å². The molecule has 2 heterocycles. The van der Waals surface area contributed by atoms with Gasteiger partial charge in [-0.1, -0.05) is 24.3 Å². The summed E-state index contributed by atoms with van der Waals surface area (Å²) in [4.78, 5) is 30.4. The summed E-state index contributed by atoms with van der Waals surface area (Å²) in [5.74, 6) is 0.318. The first-order valence-corrected chi connectivity index (χ1v) is 12.6. The van der Waals surface area contributed by atoms with E-state index in [1.165, 1.54) is 16.8 Å². The lowest BCUT2D eigenvalue weighted by Gasteiger charge is -2.38. The molecule has 2 N–H and O–H groups in total. The third-order valence-corrected chi connectivity index (χ3v) is 6.63. The average Bonchev–Trinajstić information content (AvgIpc) is 2.86. The Kier molecular flexibility index (Phi) is 8.15. The van der Waals surface area contributed by atoms with Crippen LogP contribution >= 0.6 is 0 Å². The van der Waals surface area contributed by atoms with Gasteiger partial charge in [0.15, 0.2) is 0 Å². The number of nitrogens with zero attached hydrogens (tertiary/aromatic N) is 2. The number of benzene rings is 2. The van der Waals surface area contributed by atoms with Crippen molar-refractivity contribution < 1.29 is 19.1 Å². The zero-order valence-corrected chi connectivity index (χ0v) is 21.6. The Hall–Kier alpha value is -3.52. The smallest absolute Gasteiger partial charge is 0.338 e. The third-order valence-electron chi connectivity index (χ3n) is 6.63. The van der Waals surface area contributed by atoms with Gasteiger partial charge in [0.2, 0.25) is 0 Å². The molecule has 2 aliphatic rings. The molecule has 36 heavy (non-hydrogen) atoms. The Balaban J connectivity index is 1.55. The lowest BCUT2D eigenvalue weighted by atomic mass is 9.94. The van der Waals surface area contributed by atoms with Crippen LogP contribution in [0.3, 0.4) is 0 Å². The fourth-order valence-corrected chi connectivity index (χ4v) is 4.80. The summed E-state index contributed by atoms with van der Waals surface area (Å²) in [7, 11) is 0. The number of carbonyl (C=O) groups excluding carboxylic acids is 2. The molecule has 2 amide bonds. The Morgan fingerprint density at radius 1 is 1.00 bits per heavy atom. The molecule has 0 aromatic heterocycles. The normalized spacial score (nSPS) is 18.5. The number of piperazine rings is 1. The molecular weight excluding hydrogens is 456 g/mol. The lowest BCUT2D eigenvalue weighted by molar-refractivity contribution is -0.139. The number of amides is 2. The summed E-state index contributed by atoms with van der Waals surface area (Å²) in [5.41, 5.74) is 5.62. The number of rotatable bonds is 8. The van der Waals surface area contributed by atoms with Gasteiger partial charge in [0.25, 0.3) is 0 Å². The summed E-state index contributed by atoms with van der Waals surface area (Å²) in [6.45, 7) is 12.7. The van der Waals surface area contributed by atoms with Crippen LogP contribution in [0.15, 0.2) is 53.7 Å². The standard InChI is InChI=1S/C28H36N4O4/c1-5-35-22-11-9-21(10-12-22)26-25(27(33)36-6-2)23(29-28(34)30-26)18-31-13-15-32(16-14-31)24-17-19(3)7-8-20(24)4/h7-12,17,26H,5-6,13-16,18H2,1-4H3,(H2,29,30,34). The van der Waals surface area contributed by atoms with E-state index in [-0.39, 0.29) is 12.6 Å². The van der Waals surface area contributed by atoms with Crippen molar-refractivity contribution in [3.8, 4) is 5.75 Å². The molecule has 1 saturated heterocycles. The van der Waals surface area contributed by atoms with E-state index < -0.39 is 12.0 Å². The number of anilines is 1. The van der Waals surface area contributed by atoms with Crippen molar-refractivity contribution >= 4 is 17.7 Å². The van der Waals surface area contributed by atoms with Gasteiger partial charge in [-0.3, -0.25) is 4.90 Å². The summed E-state index contributed by atoms with van der Waals surface area (Å²) in [6, 6.07) is 13.1. The highest BCUT2D eigenvalue weighted by Gasteiger charge is 2.34. The Bertz CT molecular complexity index is 1120. The first kappa shape index (κ1) is 25.6. The van der Waals surface area contributed by atoms with E-state index in [9.17, 15) is 9.59 Å². The molecule has 0 saturated carbocycles. The molecule has 8 nitrogen and oxygen atoms in total. The highest BCUT2D eigenvalue weighted by molar-refractivity contribution is 5.95. The maximum atomic E-state index is 13.1. The molecule has 192 valence electrons. The first-order chi connectivity index (χ1) is 17.4. The molecule has 2 aromatic rings. The van der Waals surface area contributed by atoms with E-state index in [4.69, 9.17) is 9.47 Å². The number of hydrogen-bond donors (Lipinski definition) is 2. The number of urea groups is 1. The van der Waals surface area contributed by atoms with Crippen molar-refractivity contribution in [3.05, 3.63) is 70.4 Å². The number of esters is 1. The number of hydrogen-bond acceptors (Lipinski definition) is 6. The van der Waals surface area contributed by atoms with Crippen LogP contribution in [-0.2, 0) is 9.53 Å². The van der Waals surface area contributed by atoms with Crippen LogP contribution in [0.2, 0.25) is 0 Å². The van der Waals surface area contributed by atoms with Gasteiger partial charge in [0.1, 0.15) is 5.75 Å². The fourth-order valence-electron chi connectivity index (χ4n) is 4.80. The van der Waals surface area contributed by atoms with Gasteiger partial charge >= 0.3 is 12.0 Å². The van der Waals surface area contributed by atoms with Crippen molar-refractivity contribution in [2.24, 2.45) is 0 Å². The van der Waals surface area contributed by atoms with Crippen LogP contribution in [0.25, 0.3) is 0 Å². The van der Waals surface area contributed by atoms with Crippen molar-refractivity contribution in [3.63, 3.8) is 0 Å². The molecule has 1 fully saturated rings. The fraction of sp³-hybridized carbons (Fsp3) is 0.429. The second-order valence-electron chi connectivity index (χ2n) is 9.20. The van der Waals surface area contributed by atoms with Gasteiger partial charge in [-0.2, -0.15) is 0 Å². The van der Waals surface area contributed by atoms with Crippen molar-refractivity contribution in [2.75, 3.05) is 50.8 Å². The van der Waals surface area contributed by atoms with Crippen LogP contribution in [0.5, 0.6) is 5.75 Å². The molecule has 8 heteroatoms. The summed E-state index contributed by atoms with van der Waals surface area (Å²) < 4.78 is 11.0. The highest BCUT2D eigenvalue weighted by Crippen LogP contribution is 2.30. The molecule has 0 aliphatic carbocycles. The number of nitrogens with one attached hydrogen (secondary N) is 2. The minimum absolute atomic E-state index is 0.258. The summed E-state index contributed by atoms with van der Waals surface area (Å²) in [6.07, 6.45) is 0. The molecule has 0 spiro atoms. The maximum Gasteiger partial charge on any atom is 0.338 e. The van der Waals surface area contributed by atoms with E-state index in [0.29, 0.717) is 24.4 Å². The maximum absolute atomic E-state index is 13.1. The van der Waals surface area contributed by atoms with Crippen molar-refractivity contribution in [1.29, 1.82) is 0 Å². The first-order valence-electron chi connectivity index (χ1n) is 12.6. The Morgan fingerprint density at radius 3 is 2.39 bits per heavy atom. The SMILES string of the molecule is CCOC(=O)C1=C(CN2CCN(c3cc(C)ccc3C)CC2)NC(=O)NC1c1ccc(OCC)cc1. The van der Waals surface area contributed by atoms with E-state index in [0.717, 1.165) is 37.5 Å². The molecule has 1 unspecified atom stereocenters. The molecule has 1 atom stereocenters. The van der Waals surface area contributed by atoms with Crippen molar-refractivity contribution in [2.45, 2.75) is 33.7 Å². The van der Waals surface area contributed by atoms with Gasteiger partial charge in [0.05, 0.1) is 24.8 Å². The predicted molar refractivity (Wildman–Crippen MR) is 140 cm³/mol.